The lowest BCUT2D eigenvalue weighted by Gasteiger charge is -2.21. The Labute approximate surface area is 506 Å². The summed E-state index contributed by atoms with van der Waals surface area (Å²) in [5.41, 5.74) is 26.0. The monoisotopic (exact) mass is 1220 g/mol. The van der Waals surface area contributed by atoms with E-state index in [4.69, 9.17) is 95.1 Å². The molecule has 3 heterocycles. The number of aromatic hydroxyl groups is 1. The molecule has 11 N–H and O–H groups in total. The molecular formula is C61H62Cl5N13O4. The number of rotatable bonds is 7. The van der Waals surface area contributed by atoms with Crippen molar-refractivity contribution in [1.82, 2.24) is 29.9 Å². The van der Waals surface area contributed by atoms with E-state index in [0.29, 0.717) is 39.8 Å². The summed E-state index contributed by atoms with van der Waals surface area (Å²) in [7, 11) is 10.8. The molecular weight excluding hydrogens is 1160 g/mol. The summed E-state index contributed by atoms with van der Waals surface area (Å²) >= 11 is 28.5. The fraction of sp³-hybridized carbons (Fsp3) is 0.148. The van der Waals surface area contributed by atoms with Crippen LogP contribution >= 0.6 is 58.0 Å². The van der Waals surface area contributed by atoms with E-state index in [1.165, 1.54) is 10.8 Å². The van der Waals surface area contributed by atoms with E-state index in [-0.39, 0.29) is 37.8 Å². The topological polar surface area (TPSA) is 257 Å². The van der Waals surface area contributed by atoms with Gasteiger partial charge in [0.1, 0.15) is 73.0 Å². The van der Waals surface area contributed by atoms with Crippen LogP contribution in [0, 0.1) is 20.8 Å². The second-order valence-corrected chi connectivity index (χ2v) is 19.6. The zero-order valence-corrected chi connectivity index (χ0v) is 50.6. The van der Waals surface area contributed by atoms with Crippen LogP contribution in [-0.4, -0.2) is 77.5 Å². The molecule has 0 saturated heterocycles. The summed E-state index contributed by atoms with van der Waals surface area (Å²) in [6.07, 6.45) is 0. The highest BCUT2D eigenvalue weighted by atomic mass is 35.5. The molecule has 8 aromatic carbocycles. The summed E-state index contributed by atoms with van der Waals surface area (Å²) in [6, 6.07) is 47.4. The zero-order valence-electron chi connectivity index (χ0n) is 46.9. The molecule has 0 bridgehead atoms. The molecule has 17 nitrogen and oxygen atoms in total. The molecule has 0 amide bonds. The van der Waals surface area contributed by atoms with Crippen molar-refractivity contribution in [3.05, 3.63) is 188 Å². The van der Waals surface area contributed by atoms with E-state index in [1.807, 2.05) is 111 Å². The molecule has 0 unspecified atom stereocenters. The summed E-state index contributed by atoms with van der Waals surface area (Å²) in [4.78, 5) is 25.5. The Morgan fingerprint density at radius 2 is 0.807 bits per heavy atom. The Balaban J connectivity index is 0.000000164. The molecule has 22 heteroatoms. The second-order valence-electron chi connectivity index (χ2n) is 17.8. The van der Waals surface area contributed by atoms with Crippen LogP contribution in [0.5, 0.6) is 23.0 Å². The molecule has 430 valence electrons. The van der Waals surface area contributed by atoms with E-state index < -0.39 is 0 Å². The number of nitrogens with two attached hydrogens (primary N) is 4. The molecule has 0 fully saturated rings. The van der Waals surface area contributed by atoms with E-state index >= 15 is 0 Å². The van der Waals surface area contributed by atoms with Crippen molar-refractivity contribution in [3.8, 4) is 23.0 Å². The van der Waals surface area contributed by atoms with Gasteiger partial charge in [0, 0.05) is 65.4 Å². The maximum absolute atomic E-state index is 9.42. The average Bonchev–Trinajstić information content (AvgIpc) is 3.65. The lowest BCUT2D eigenvalue weighted by molar-refractivity contribution is 0.419. The minimum absolute atomic E-state index is 0.201. The van der Waals surface area contributed by atoms with Gasteiger partial charge in [-0.2, -0.15) is 0 Å². The summed E-state index contributed by atoms with van der Waals surface area (Å²) in [5.74, 6) is 5.91. The second kappa shape index (κ2) is 29.8. The smallest absolute Gasteiger partial charge is 0.157 e. The molecule has 11 aromatic rings. The largest absolute Gasteiger partial charge is 0.507 e. The highest BCUT2D eigenvalue weighted by molar-refractivity contribution is 6.43. The number of nitrogens with zero attached hydrogens (tertiary/aromatic N) is 7. The minimum atomic E-state index is 0.201. The Kier molecular flexibility index (Phi) is 22.8. The van der Waals surface area contributed by atoms with Gasteiger partial charge in [0.15, 0.2) is 16.1 Å². The minimum Gasteiger partial charge on any atom is -0.507 e. The SMILES string of the molecule is CNc1ccc2c(OC)cccc2c1.CNc1ccc2c(OC)cccc2c1.COc1cccc2cc(N(C)c3nc(C)nc(N)c3Cl)ccc12.Cc1nc(N)c(Cl)c(Cl)n1.Cc1nc(N)c(Cl)c(Cl)n1.Nc1ccc2c(O)cccc2c1. The van der Waals surface area contributed by atoms with Crippen LogP contribution in [-0.2, 0) is 0 Å². The van der Waals surface area contributed by atoms with Crippen LogP contribution in [0.3, 0.4) is 0 Å². The number of aromatic nitrogens is 6. The normalized spacial score (nSPS) is 10.3. The molecule has 83 heavy (non-hydrogen) atoms. The standard InChI is InChI=1S/C17H17ClN4O.2C12H13NO.C10H9NO.2C5H5Cl2N3/c1-10-20-16(19)15(18)17(21-10)22(2)12-7-8-13-11(9-12)5-4-6-14(13)23-3;2*1-13-10-6-7-11-9(8-10)4-3-5-12(11)14-2;11-8-4-5-9-7(6-8)2-1-3-10(9)12;2*1-2-9-4(7)3(6)5(8)10-2/h4-9H,1-3H3,(H2,19,20,21);2*3-8,13H,1-2H3;1-6,12H,11H2;2*1H3,(H2,8,9,10). The predicted molar refractivity (Wildman–Crippen MR) is 347 cm³/mol. The number of fused-ring (bicyclic) bond motifs is 4. The lowest BCUT2D eigenvalue weighted by Crippen LogP contribution is -2.14. The maximum atomic E-state index is 9.42. The predicted octanol–water partition coefficient (Wildman–Crippen LogP) is 15.2. The van der Waals surface area contributed by atoms with E-state index in [0.717, 1.165) is 66.6 Å². The number of hydrogen-bond donors (Lipinski definition) is 7. The van der Waals surface area contributed by atoms with Gasteiger partial charge in [-0.05, 0) is 139 Å². The number of phenolic OH excluding ortho intramolecular Hbond substituents is 1. The molecule has 0 spiro atoms. The molecule has 11 rings (SSSR count). The van der Waals surface area contributed by atoms with Gasteiger partial charge in [0.2, 0.25) is 0 Å². The van der Waals surface area contributed by atoms with E-state index in [2.05, 4.69) is 83.0 Å². The third-order valence-electron chi connectivity index (χ3n) is 12.2. The number of ether oxygens (including phenoxy) is 3. The number of nitrogen functional groups attached to an aromatic ring is 4. The van der Waals surface area contributed by atoms with Crippen molar-refractivity contribution >= 4 is 147 Å². The van der Waals surface area contributed by atoms with Gasteiger partial charge in [0.05, 0.1) is 21.3 Å². The fourth-order valence-electron chi connectivity index (χ4n) is 8.09. The lowest BCUT2D eigenvalue weighted by atomic mass is 10.1. The number of halogens is 5. The Morgan fingerprint density at radius 3 is 1.23 bits per heavy atom. The van der Waals surface area contributed by atoms with Gasteiger partial charge < -0.3 is 57.8 Å². The first-order valence-electron chi connectivity index (χ1n) is 25.2. The average molecular weight is 1220 g/mol. The molecule has 0 aliphatic carbocycles. The third-order valence-corrected chi connectivity index (χ3v) is 14.0. The van der Waals surface area contributed by atoms with Crippen LogP contribution in [0.25, 0.3) is 43.1 Å². The van der Waals surface area contributed by atoms with Gasteiger partial charge in [-0.3, -0.25) is 0 Å². The fourth-order valence-corrected chi connectivity index (χ4v) is 8.91. The maximum Gasteiger partial charge on any atom is 0.157 e. The van der Waals surface area contributed by atoms with Crippen LogP contribution in [0.4, 0.5) is 46.0 Å². The van der Waals surface area contributed by atoms with Gasteiger partial charge in [0.25, 0.3) is 0 Å². The Bertz CT molecular complexity index is 3840. The van der Waals surface area contributed by atoms with Gasteiger partial charge in [-0.25, -0.2) is 29.9 Å². The van der Waals surface area contributed by atoms with Gasteiger partial charge in [-0.15, -0.1) is 0 Å². The van der Waals surface area contributed by atoms with Crippen molar-refractivity contribution < 1.29 is 19.3 Å². The van der Waals surface area contributed by atoms with Crippen molar-refractivity contribution in [3.63, 3.8) is 0 Å². The molecule has 0 aliphatic rings. The van der Waals surface area contributed by atoms with Crippen molar-refractivity contribution in [2.45, 2.75) is 20.8 Å². The number of methoxy groups -OCH3 is 3. The number of phenols is 1. The first-order valence-corrected chi connectivity index (χ1v) is 27.1. The highest BCUT2D eigenvalue weighted by Crippen LogP contribution is 2.36. The van der Waals surface area contributed by atoms with E-state index in [1.54, 1.807) is 60.3 Å². The Hall–Kier alpha value is -8.71. The van der Waals surface area contributed by atoms with Crippen molar-refractivity contribution in [2.75, 3.05) is 80.9 Å². The first-order chi connectivity index (χ1) is 39.7. The van der Waals surface area contributed by atoms with E-state index in [9.17, 15) is 5.11 Å². The van der Waals surface area contributed by atoms with Gasteiger partial charge in [-0.1, -0.05) is 107 Å². The first kappa shape index (κ1) is 63.5. The molecule has 0 saturated carbocycles. The molecule has 0 atom stereocenters. The van der Waals surface area contributed by atoms with Crippen LogP contribution < -0.4 is 52.7 Å². The molecule has 0 aliphatic heterocycles. The number of aryl methyl sites for hydroxylation is 3. The van der Waals surface area contributed by atoms with Crippen LogP contribution in [0.15, 0.2) is 146 Å². The third kappa shape index (κ3) is 16.7. The number of benzene rings is 8. The summed E-state index contributed by atoms with van der Waals surface area (Å²) < 4.78 is 16.0. The number of anilines is 8. The zero-order chi connectivity index (χ0) is 60.5. The number of hydrogen-bond acceptors (Lipinski definition) is 17. The van der Waals surface area contributed by atoms with Crippen LogP contribution in [0.1, 0.15) is 17.5 Å². The van der Waals surface area contributed by atoms with Gasteiger partial charge >= 0.3 is 0 Å². The quantitative estimate of drug-likeness (QED) is 0.0578. The summed E-state index contributed by atoms with van der Waals surface area (Å²) in [5, 5.41) is 25.4. The highest BCUT2D eigenvalue weighted by Gasteiger charge is 2.16. The van der Waals surface area contributed by atoms with Crippen molar-refractivity contribution in [2.24, 2.45) is 0 Å². The van der Waals surface area contributed by atoms with Crippen molar-refractivity contribution in [1.29, 1.82) is 0 Å². The number of nitrogens with one attached hydrogen (secondary N) is 2. The summed E-state index contributed by atoms with van der Waals surface area (Å²) in [6.45, 7) is 5.17. The van der Waals surface area contributed by atoms with Crippen LogP contribution in [0.2, 0.25) is 25.4 Å². The molecule has 3 aromatic heterocycles. The molecule has 0 radical (unpaired) electrons. The Morgan fingerprint density at radius 1 is 0.434 bits per heavy atom.